The van der Waals surface area contributed by atoms with E-state index in [2.05, 4.69) is 0 Å². The van der Waals surface area contributed by atoms with Gasteiger partial charge in [0.15, 0.2) is 0 Å². The monoisotopic (exact) mass is 266 g/mol. The lowest BCUT2D eigenvalue weighted by molar-refractivity contribution is -0.158. The summed E-state index contributed by atoms with van der Waals surface area (Å²) < 4.78 is 10.2. The van der Waals surface area contributed by atoms with Crippen molar-refractivity contribution in [1.29, 1.82) is 0 Å². The topological polar surface area (TPSA) is 55.8 Å². The molecule has 0 saturated carbocycles. The van der Waals surface area contributed by atoms with Crippen LogP contribution in [0.3, 0.4) is 0 Å². The van der Waals surface area contributed by atoms with E-state index in [4.69, 9.17) is 9.47 Å². The van der Waals surface area contributed by atoms with Gasteiger partial charge in [0, 0.05) is 0 Å². The summed E-state index contributed by atoms with van der Waals surface area (Å²) in [5.41, 5.74) is -0.587. The maximum absolute atomic E-state index is 11.9. The molecule has 0 fully saturated rings. The zero-order chi connectivity index (χ0) is 14.5. The Hall–Kier alpha value is -1.55. The Bertz CT molecular complexity index is 430. The second-order valence-corrected chi connectivity index (χ2v) is 4.48. The van der Waals surface area contributed by atoms with Crippen molar-refractivity contribution in [3.63, 3.8) is 0 Å². The third-order valence-corrected chi connectivity index (χ3v) is 3.47. The summed E-state index contributed by atoms with van der Waals surface area (Å²) >= 11 is 0. The zero-order valence-electron chi connectivity index (χ0n) is 12.0. The second kappa shape index (κ2) is 6.57. The fraction of sp³-hybridized carbons (Fsp3) is 0.533. The third-order valence-electron chi connectivity index (χ3n) is 3.47. The molecule has 19 heavy (non-hydrogen) atoms. The van der Waals surface area contributed by atoms with Crippen molar-refractivity contribution >= 4 is 5.97 Å². The van der Waals surface area contributed by atoms with Crippen LogP contribution in [0, 0.1) is 5.92 Å². The maximum atomic E-state index is 11.9. The highest BCUT2D eigenvalue weighted by molar-refractivity contribution is 5.74. The van der Waals surface area contributed by atoms with E-state index in [1.54, 1.807) is 45.2 Å². The van der Waals surface area contributed by atoms with Crippen LogP contribution < -0.4 is 4.74 Å². The Morgan fingerprint density at radius 2 is 2.11 bits per heavy atom. The molecular formula is C15H22O4. The molecule has 0 heterocycles. The molecule has 0 aliphatic heterocycles. The van der Waals surface area contributed by atoms with Crippen LogP contribution in [0.15, 0.2) is 24.3 Å². The SMILES string of the molecule is CCOC(=O)[C@@H](C)[C@](O)(CC)c1cccc(OC)c1. The van der Waals surface area contributed by atoms with Gasteiger partial charge in [-0.2, -0.15) is 0 Å². The van der Waals surface area contributed by atoms with Gasteiger partial charge in [-0.15, -0.1) is 0 Å². The van der Waals surface area contributed by atoms with Crippen molar-refractivity contribution in [3.05, 3.63) is 29.8 Å². The number of carbonyl (C=O) groups is 1. The van der Waals surface area contributed by atoms with Crippen LogP contribution in [0.1, 0.15) is 32.8 Å². The first-order chi connectivity index (χ1) is 8.99. The molecule has 1 aromatic rings. The van der Waals surface area contributed by atoms with Gasteiger partial charge in [0.25, 0.3) is 0 Å². The van der Waals surface area contributed by atoms with Crippen LogP contribution in [0.4, 0.5) is 0 Å². The summed E-state index contributed by atoms with van der Waals surface area (Å²) in [7, 11) is 1.57. The van der Waals surface area contributed by atoms with Gasteiger partial charge < -0.3 is 14.6 Å². The molecule has 106 valence electrons. The summed E-state index contributed by atoms with van der Waals surface area (Å²) in [6.45, 7) is 5.58. The van der Waals surface area contributed by atoms with Gasteiger partial charge in [0.2, 0.25) is 0 Å². The van der Waals surface area contributed by atoms with E-state index in [1.165, 1.54) is 0 Å². The molecule has 0 saturated heterocycles. The zero-order valence-corrected chi connectivity index (χ0v) is 12.0. The highest BCUT2D eigenvalue weighted by Gasteiger charge is 2.39. The Kier molecular flexibility index (Phi) is 5.36. The van der Waals surface area contributed by atoms with E-state index >= 15 is 0 Å². The average Bonchev–Trinajstić information content (AvgIpc) is 2.45. The lowest BCUT2D eigenvalue weighted by Crippen LogP contribution is -2.38. The summed E-state index contributed by atoms with van der Waals surface area (Å²) in [5, 5.41) is 10.8. The van der Waals surface area contributed by atoms with Gasteiger partial charge in [0.1, 0.15) is 11.4 Å². The maximum Gasteiger partial charge on any atom is 0.311 e. The van der Waals surface area contributed by atoms with Crippen LogP contribution in [0.25, 0.3) is 0 Å². The van der Waals surface area contributed by atoms with Gasteiger partial charge in [-0.05, 0) is 38.0 Å². The Morgan fingerprint density at radius 3 is 2.63 bits per heavy atom. The fourth-order valence-electron chi connectivity index (χ4n) is 2.11. The number of aliphatic hydroxyl groups is 1. The smallest absolute Gasteiger partial charge is 0.311 e. The highest BCUT2D eigenvalue weighted by atomic mass is 16.5. The van der Waals surface area contributed by atoms with Gasteiger partial charge in [-0.1, -0.05) is 19.1 Å². The number of ether oxygens (including phenoxy) is 2. The highest BCUT2D eigenvalue weighted by Crippen LogP contribution is 2.35. The number of carbonyl (C=O) groups excluding carboxylic acids is 1. The predicted octanol–water partition coefficient (Wildman–Crippen LogP) is 2.49. The van der Waals surface area contributed by atoms with Crippen molar-refractivity contribution in [2.45, 2.75) is 32.8 Å². The van der Waals surface area contributed by atoms with Gasteiger partial charge >= 0.3 is 5.97 Å². The van der Waals surface area contributed by atoms with Crippen LogP contribution in [0.2, 0.25) is 0 Å². The molecule has 0 amide bonds. The van der Waals surface area contributed by atoms with Crippen LogP contribution in [-0.2, 0) is 15.1 Å². The Morgan fingerprint density at radius 1 is 1.42 bits per heavy atom. The quantitative estimate of drug-likeness (QED) is 0.804. The molecule has 0 aliphatic carbocycles. The first-order valence-corrected chi connectivity index (χ1v) is 6.53. The summed E-state index contributed by atoms with van der Waals surface area (Å²) in [5.74, 6) is -0.375. The van der Waals surface area contributed by atoms with Crippen molar-refractivity contribution in [3.8, 4) is 5.75 Å². The van der Waals surface area contributed by atoms with Gasteiger partial charge in [-0.25, -0.2) is 0 Å². The largest absolute Gasteiger partial charge is 0.497 e. The fourth-order valence-corrected chi connectivity index (χ4v) is 2.11. The van der Waals surface area contributed by atoms with E-state index in [-0.39, 0.29) is 0 Å². The molecule has 4 heteroatoms. The number of rotatable bonds is 6. The molecule has 1 rings (SSSR count). The van der Waals surface area contributed by atoms with Crippen molar-refractivity contribution in [2.24, 2.45) is 5.92 Å². The molecular weight excluding hydrogens is 244 g/mol. The van der Waals surface area contributed by atoms with Gasteiger partial charge in [-0.3, -0.25) is 4.79 Å². The van der Waals surface area contributed by atoms with Crippen molar-refractivity contribution < 1.29 is 19.4 Å². The molecule has 4 nitrogen and oxygen atoms in total. The normalized spacial score (nSPS) is 15.4. The predicted molar refractivity (Wildman–Crippen MR) is 73.0 cm³/mol. The van der Waals surface area contributed by atoms with E-state index in [0.29, 0.717) is 24.3 Å². The molecule has 0 aliphatic rings. The average molecular weight is 266 g/mol. The molecule has 0 spiro atoms. The molecule has 1 N–H and O–H groups in total. The first kappa shape index (κ1) is 15.5. The van der Waals surface area contributed by atoms with Crippen molar-refractivity contribution in [2.75, 3.05) is 13.7 Å². The molecule has 1 aromatic carbocycles. The number of hydrogen-bond acceptors (Lipinski definition) is 4. The van der Waals surface area contributed by atoms with Crippen LogP contribution in [0.5, 0.6) is 5.75 Å². The molecule has 2 atom stereocenters. The Labute approximate surface area is 114 Å². The number of hydrogen-bond donors (Lipinski definition) is 1. The lowest BCUT2D eigenvalue weighted by atomic mass is 9.80. The standard InChI is InChI=1S/C15H22O4/c1-5-15(17,11(3)14(16)19-6-2)12-8-7-9-13(10-12)18-4/h7-11,17H,5-6H2,1-4H3/t11-,15-/m1/s1. The second-order valence-electron chi connectivity index (χ2n) is 4.48. The molecule has 0 bridgehead atoms. The minimum Gasteiger partial charge on any atom is -0.497 e. The molecule has 0 aromatic heterocycles. The minimum atomic E-state index is -1.25. The number of methoxy groups -OCH3 is 1. The summed E-state index contributed by atoms with van der Waals surface area (Å²) in [6.07, 6.45) is 0.417. The third kappa shape index (κ3) is 3.26. The van der Waals surface area contributed by atoms with Crippen LogP contribution >= 0.6 is 0 Å². The summed E-state index contributed by atoms with van der Waals surface area (Å²) in [6, 6.07) is 7.14. The molecule has 0 unspecified atom stereocenters. The number of benzene rings is 1. The first-order valence-electron chi connectivity index (χ1n) is 6.53. The minimum absolute atomic E-state index is 0.307. The van der Waals surface area contributed by atoms with Crippen LogP contribution in [-0.4, -0.2) is 24.8 Å². The van der Waals surface area contributed by atoms with E-state index in [0.717, 1.165) is 0 Å². The van der Waals surface area contributed by atoms with E-state index in [1.807, 2.05) is 6.92 Å². The van der Waals surface area contributed by atoms with Gasteiger partial charge in [0.05, 0.1) is 19.6 Å². The summed E-state index contributed by atoms with van der Waals surface area (Å²) in [4.78, 5) is 11.9. The number of esters is 1. The van der Waals surface area contributed by atoms with Crippen molar-refractivity contribution in [1.82, 2.24) is 0 Å². The van der Waals surface area contributed by atoms with E-state index in [9.17, 15) is 9.90 Å². The van der Waals surface area contributed by atoms with E-state index < -0.39 is 17.5 Å². The lowest BCUT2D eigenvalue weighted by Gasteiger charge is -2.32. The molecule has 0 radical (unpaired) electrons. The Balaban J connectivity index is 3.10.